The average molecular weight is 692 g/mol. The van der Waals surface area contributed by atoms with Gasteiger partial charge >= 0.3 is 5.97 Å². The molecule has 1 aromatic heterocycles. The van der Waals surface area contributed by atoms with Crippen LogP contribution in [0.4, 0.5) is 5.82 Å². The predicted molar refractivity (Wildman–Crippen MR) is 182 cm³/mol. The molecule has 1 fully saturated rings. The van der Waals surface area contributed by atoms with E-state index < -0.39 is 29.4 Å². The maximum atomic E-state index is 14.0. The van der Waals surface area contributed by atoms with Crippen LogP contribution in [0.5, 0.6) is 0 Å². The molecule has 0 aliphatic carbocycles. The van der Waals surface area contributed by atoms with Crippen LogP contribution in [0.2, 0.25) is 0 Å². The standard InChI is InChI=1S/C33H42N6O6.2ClH/c1-4-45-31(42)25-16-11-17-38(18-25)30(41)28(24-14-9-6-10-15-24)39-19-27(35-22-39)37-29(40)26(36-32(43)33(2,3)34)21-44-20-23-12-7-5-8-13-23;;/h5-10,12-15,19,22,25-26,28H,4,11,16-18,20-21,34H2,1-3H3,(H,36,43)(H,37,40);2*1H/t25?,26-,28?;;/m1../s1. The number of hydrogen-bond acceptors (Lipinski definition) is 8. The number of piperidine rings is 1. The zero-order valence-corrected chi connectivity index (χ0v) is 28.4. The molecule has 2 aromatic carbocycles. The lowest BCUT2D eigenvalue weighted by atomic mass is 9.96. The minimum atomic E-state index is -1.22. The van der Waals surface area contributed by atoms with Crippen LogP contribution in [0.25, 0.3) is 0 Å². The van der Waals surface area contributed by atoms with Gasteiger partial charge in [-0.2, -0.15) is 0 Å². The van der Waals surface area contributed by atoms with Gasteiger partial charge in [0.2, 0.25) is 11.8 Å². The number of amides is 3. The molecule has 4 rings (SSSR count). The lowest BCUT2D eigenvalue weighted by molar-refractivity contribution is -0.151. The van der Waals surface area contributed by atoms with Gasteiger partial charge in [0.15, 0.2) is 5.82 Å². The van der Waals surface area contributed by atoms with Crippen molar-refractivity contribution >= 4 is 54.3 Å². The number of esters is 1. The Bertz CT molecular complexity index is 1450. The zero-order valence-electron chi connectivity index (χ0n) is 26.8. The maximum absolute atomic E-state index is 14.0. The van der Waals surface area contributed by atoms with E-state index in [0.29, 0.717) is 19.4 Å². The Morgan fingerprint density at radius 2 is 1.70 bits per heavy atom. The quantitative estimate of drug-likeness (QED) is 0.230. The summed E-state index contributed by atoms with van der Waals surface area (Å²) in [5.41, 5.74) is 6.38. The van der Waals surface area contributed by atoms with E-state index in [1.165, 1.54) is 6.33 Å². The summed E-state index contributed by atoms with van der Waals surface area (Å²) < 4.78 is 12.6. The van der Waals surface area contributed by atoms with E-state index in [-0.39, 0.29) is 74.8 Å². The minimum Gasteiger partial charge on any atom is -0.466 e. The molecule has 1 saturated heterocycles. The summed E-state index contributed by atoms with van der Waals surface area (Å²) in [5, 5.41) is 5.40. The molecule has 0 saturated carbocycles. The summed E-state index contributed by atoms with van der Waals surface area (Å²) in [7, 11) is 0. The van der Waals surface area contributed by atoms with Crippen molar-refractivity contribution in [3.8, 4) is 0 Å². The molecule has 4 N–H and O–H groups in total. The minimum absolute atomic E-state index is 0. The molecule has 3 aromatic rings. The van der Waals surface area contributed by atoms with Gasteiger partial charge in [-0.05, 0) is 44.7 Å². The third-order valence-corrected chi connectivity index (χ3v) is 7.46. The van der Waals surface area contributed by atoms with E-state index in [1.807, 2.05) is 60.7 Å². The van der Waals surface area contributed by atoms with E-state index >= 15 is 0 Å². The number of rotatable bonds is 13. The number of halogens is 2. The number of benzene rings is 2. The molecule has 1 aliphatic heterocycles. The van der Waals surface area contributed by atoms with Gasteiger partial charge in [-0.25, -0.2) is 4.98 Å². The van der Waals surface area contributed by atoms with Crippen molar-refractivity contribution in [2.75, 3.05) is 31.6 Å². The highest BCUT2D eigenvalue weighted by atomic mass is 35.5. The Morgan fingerprint density at radius 1 is 1.04 bits per heavy atom. The first-order valence-electron chi connectivity index (χ1n) is 15.1. The highest BCUT2D eigenvalue weighted by Gasteiger charge is 2.34. The fourth-order valence-electron chi connectivity index (χ4n) is 5.03. The third kappa shape index (κ3) is 11.1. The van der Waals surface area contributed by atoms with E-state index in [1.54, 1.807) is 36.4 Å². The SMILES string of the molecule is CCOC(=O)C1CCCN(C(=O)C(c2ccccc2)n2cnc(NC(=O)[C@@H](COCc3ccccc3)NC(=O)C(C)(C)N)c2)C1.Cl.Cl. The molecule has 1 aliphatic rings. The highest BCUT2D eigenvalue weighted by molar-refractivity contribution is 5.98. The first kappa shape index (κ1) is 39.2. The van der Waals surface area contributed by atoms with Gasteiger partial charge in [0.1, 0.15) is 12.1 Å². The molecular formula is C33H44Cl2N6O6. The van der Waals surface area contributed by atoms with Crippen LogP contribution < -0.4 is 16.4 Å². The summed E-state index contributed by atoms with van der Waals surface area (Å²) in [4.78, 5) is 58.5. The van der Waals surface area contributed by atoms with Crippen molar-refractivity contribution in [1.29, 1.82) is 0 Å². The molecule has 256 valence electrons. The van der Waals surface area contributed by atoms with Gasteiger partial charge < -0.3 is 35.3 Å². The smallest absolute Gasteiger partial charge is 0.310 e. The number of carbonyl (C=O) groups is 4. The van der Waals surface area contributed by atoms with Crippen molar-refractivity contribution in [3.05, 3.63) is 84.3 Å². The highest BCUT2D eigenvalue weighted by Crippen LogP contribution is 2.26. The number of nitrogens with two attached hydrogens (primary N) is 1. The number of imidazole rings is 1. The summed E-state index contributed by atoms with van der Waals surface area (Å²) >= 11 is 0. The Labute approximate surface area is 287 Å². The largest absolute Gasteiger partial charge is 0.466 e. The molecule has 0 spiro atoms. The van der Waals surface area contributed by atoms with Gasteiger partial charge in [-0.3, -0.25) is 19.2 Å². The molecule has 0 radical (unpaired) electrons. The Morgan fingerprint density at radius 3 is 2.34 bits per heavy atom. The molecule has 3 amide bonds. The first-order chi connectivity index (χ1) is 21.6. The number of ether oxygens (including phenoxy) is 2. The second-order valence-electron chi connectivity index (χ2n) is 11.6. The van der Waals surface area contributed by atoms with Crippen LogP contribution in [-0.4, -0.2) is 76.0 Å². The van der Waals surface area contributed by atoms with Gasteiger partial charge in [0.25, 0.3) is 5.91 Å². The Kier molecular flexibility index (Phi) is 15.3. The summed E-state index contributed by atoms with van der Waals surface area (Å²) in [6, 6.07) is 16.8. The number of nitrogens with one attached hydrogen (secondary N) is 2. The van der Waals surface area contributed by atoms with Gasteiger partial charge in [0, 0.05) is 19.3 Å². The van der Waals surface area contributed by atoms with Crippen molar-refractivity contribution in [2.24, 2.45) is 11.7 Å². The number of carbonyl (C=O) groups excluding carboxylic acids is 4. The predicted octanol–water partition coefficient (Wildman–Crippen LogP) is 3.50. The van der Waals surface area contributed by atoms with Crippen LogP contribution in [0.15, 0.2) is 73.2 Å². The van der Waals surface area contributed by atoms with Gasteiger partial charge in [-0.15, -0.1) is 24.8 Å². The van der Waals surface area contributed by atoms with Gasteiger partial charge in [-0.1, -0.05) is 60.7 Å². The monoisotopic (exact) mass is 690 g/mol. The average Bonchev–Trinajstić information content (AvgIpc) is 3.48. The zero-order chi connectivity index (χ0) is 32.4. The second kappa shape index (κ2) is 18.4. The van der Waals surface area contributed by atoms with E-state index in [4.69, 9.17) is 15.2 Å². The van der Waals surface area contributed by atoms with Gasteiger partial charge in [0.05, 0.1) is 37.6 Å². The number of hydrogen-bond donors (Lipinski definition) is 3. The van der Waals surface area contributed by atoms with Crippen LogP contribution in [0.1, 0.15) is 50.8 Å². The first-order valence-corrected chi connectivity index (χ1v) is 15.1. The van der Waals surface area contributed by atoms with Crippen molar-refractivity contribution in [1.82, 2.24) is 19.8 Å². The van der Waals surface area contributed by atoms with Crippen molar-refractivity contribution < 1.29 is 28.7 Å². The fourth-order valence-corrected chi connectivity index (χ4v) is 5.03. The number of anilines is 1. The van der Waals surface area contributed by atoms with Crippen molar-refractivity contribution in [2.45, 2.75) is 57.8 Å². The van der Waals surface area contributed by atoms with Crippen LogP contribution in [-0.2, 0) is 35.3 Å². The number of likely N-dealkylation sites (tertiary alicyclic amines) is 1. The second-order valence-corrected chi connectivity index (χ2v) is 11.6. The van der Waals surface area contributed by atoms with E-state index in [0.717, 1.165) is 11.1 Å². The summed E-state index contributed by atoms with van der Waals surface area (Å²) in [6.07, 6.45) is 4.38. The van der Waals surface area contributed by atoms with Crippen LogP contribution in [0.3, 0.4) is 0 Å². The number of nitrogens with zero attached hydrogens (tertiary/aromatic N) is 3. The molecule has 47 heavy (non-hydrogen) atoms. The molecule has 14 heteroatoms. The molecule has 2 heterocycles. The van der Waals surface area contributed by atoms with Crippen LogP contribution in [0, 0.1) is 5.92 Å². The number of aromatic nitrogens is 2. The Hall–Kier alpha value is -3.97. The topological polar surface area (TPSA) is 158 Å². The summed E-state index contributed by atoms with van der Waals surface area (Å²) in [6.45, 7) is 6.05. The third-order valence-electron chi connectivity index (χ3n) is 7.46. The van der Waals surface area contributed by atoms with E-state index in [9.17, 15) is 19.2 Å². The molecule has 2 unspecified atom stereocenters. The molecule has 3 atom stereocenters. The lowest BCUT2D eigenvalue weighted by Gasteiger charge is -2.34. The van der Waals surface area contributed by atoms with Crippen LogP contribution >= 0.6 is 24.8 Å². The van der Waals surface area contributed by atoms with Crippen molar-refractivity contribution in [3.63, 3.8) is 0 Å². The van der Waals surface area contributed by atoms with E-state index in [2.05, 4.69) is 15.6 Å². The molecular weight excluding hydrogens is 647 g/mol. The molecule has 12 nitrogen and oxygen atoms in total. The molecule has 0 bridgehead atoms. The summed E-state index contributed by atoms with van der Waals surface area (Å²) in [5.74, 6) is -1.77. The fraction of sp³-hybridized carbons (Fsp3) is 0.424. The lowest BCUT2D eigenvalue weighted by Crippen LogP contribution is -2.56. The Balaban J connectivity index is 0.00000384. The maximum Gasteiger partial charge on any atom is 0.310 e. The normalized spacial score (nSPS) is 15.7.